The first kappa shape index (κ1) is 18.1. The number of ether oxygens (including phenoxy) is 1. The van der Waals surface area contributed by atoms with Crippen molar-refractivity contribution in [3.63, 3.8) is 0 Å². The zero-order valence-corrected chi connectivity index (χ0v) is 15.1. The van der Waals surface area contributed by atoms with Crippen LogP contribution in [0.5, 0.6) is 5.88 Å². The number of carbonyl (C=O) groups excluding carboxylic acids is 1. The van der Waals surface area contributed by atoms with Gasteiger partial charge in [-0.3, -0.25) is 9.52 Å². The van der Waals surface area contributed by atoms with Gasteiger partial charge in [0.15, 0.2) is 5.65 Å². The van der Waals surface area contributed by atoms with Crippen LogP contribution in [0, 0.1) is 0 Å². The maximum Gasteiger partial charge on any atom is 0.243 e. The van der Waals surface area contributed by atoms with Gasteiger partial charge in [0.2, 0.25) is 21.8 Å². The molecule has 0 spiro atoms. The van der Waals surface area contributed by atoms with E-state index in [2.05, 4.69) is 15.2 Å². The molecule has 0 radical (unpaired) electrons. The Hall–Kier alpha value is -2.23. The fraction of sp³-hybridized carbons (Fsp3) is 0.571. The van der Waals surface area contributed by atoms with Crippen LogP contribution in [0.3, 0.4) is 0 Å². The SMILES string of the molecule is CC(=O)NS(=O)(=O)C(C)(C)COc1nn2ncnc2cc1C(C)C. The quantitative estimate of drug-likeness (QED) is 0.817. The zero-order chi connectivity index (χ0) is 18.1. The van der Waals surface area contributed by atoms with Gasteiger partial charge in [-0.05, 0) is 25.8 Å². The van der Waals surface area contributed by atoms with Crippen molar-refractivity contribution in [2.75, 3.05) is 6.61 Å². The third-order valence-electron chi connectivity index (χ3n) is 3.46. The zero-order valence-electron chi connectivity index (χ0n) is 14.3. The van der Waals surface area contributed by atoms with Crippen LogP contribution in [0.4, 0.5) is 0 Å². The number of nitrogens with zero attached hydrogens (tertiary/aromatic N) is 4. The lowest BCUT2D eigenvalue weighted by atomic mass is 10.1. The Bertz CT molecular complexity index is 857. The van der Waals surface area contributed by atoms with E-state index in [4.69, 9.17) is 4.74 Å². The third kappa shape index (κ3) is 3.64. The Kier molecular flexibility index (Phi) is 4.79. The molecule has 2 aromatic rings. The molecular weight excluding hydrogens is 334 g/mol. The van der Waals surface area contributed by atoms with Crippen LogP contribution < -0.4 is 9.46 Å². The van der Waals surface area contributed by atoms with Gasteiger partial charge in [0.25, 0.3) is 0 Å². The Morgan fingerprint density at radius 3 is 2.67 bits per heavy atom. The van der Waals surface area contributed by atoms with Gasteiger partial charge in [0.1, 0.15) is 17.7 Å². The first-order valence-electron chi connectivity index (χ1n) is 7.40. The lowest BCUT2D eigenvalue weighted by molar-refractivity contribution is -0.117. The number of sulfonamides is 1. The van der Waals surface area contributed by atoms with Crippen molar-refractivity contribution < 1.29 is 17.9 Å². The summed E-state index contributed by atoms with van der Waals surface area (Å²) in [6, 6.07) is 1.80. The van der Waals surface area contributed by atoms with Crippen molar-refractivity contribution in [2.45, 2.75) is 45.3 Å². The summed E-state index contributed by atoms with van der Waals surface area (Å²) < 4.78 is 32.1. The van der Waals surface area contributed by atoms with E-state index < -0.39 is 20.7 Å². The van der Waals surface area contributed by atoms with Gasteiger partial charge in [0.05, 0.1) is 0 Å². The minimum absolute atomic E-state index is 0.101. The second-order valence-corrected chi connectivity index (χ2v) is 8.69. The van der Waals surface area contributed by atoms with Gasteiger partial charge in [-0.25, -0.2) is 13.4 Å². The van der Waals surface area contributed by atoms with E-state index in [1.165, 1.54) is 24.8 Å². The lowest BCUT2D eigenvalue weighted by Gasteiger charge is -2.25. The summed E-state index contributed by atoms with van der Waals surface area (Å²) in [5.41, 5.74) is 1.37. The number of hydrogen-bond acceptors (Lipinski definition) is 7. The number of amides is 1. The molecule has 132 valence electrons. The number of hydrogen-bond donors (Lipinski definition) is 1. The molecule has 0 atom stereocenters. The number of nitrogens with one attached hydrogen (secondary N) is 1. The summed E-state index contributed by atoms with van der Waals surface area (Å²) in [5, 5.41) is 8.19. The predicted octanol–water partition coefficient (Wildman–Crippen LogP) is 0.871. The van der Waals surface area contributed by atoms with Crippen LogP contribution in [0.25, 0.3) is 5.65 Å². The number of rotatable bonds is 6. The molecule has 9 nitrogen and oxygen atoms in total. The van der Waals surface area contributed by atoms with Crippen molar-refractivity contribution in [2.24, 2.45) is 0 Å². The monoisotopic (exact) mass is 355 g/mol. The molecule has 10 heteroatoms. The molecule has 2 rings (SSSR count). The Balaban J connectivity index is 2.29. The maximum absolute atomic E-state index is 12.2. The summed E-state index contributed by atoms with van der Waals surface area (Å²) in [4.78, 5) is 15.2. The van der Waals surface area contributed by atoms with Gasteiger partial charge in [-0.1, -0.05) is 13.8 Å². The van der Waals surface area contributed by atoms with Gasteiger partial charge in [-0.2, -0.15) is 0 Å². The highest BCUT2D eigenvalue weighted by Gasteiger charge is 2.36. The fourth-order valence-electron chi connectivity index (χ4n) is 1.93. The first-order chi connectivity index (χ1) is 11.0. The standard InChI is InChI=1S/C14H21N5O4S/c1-9(2)11-6-12-15-8-16-19(12)17-13(11)23-7-14(4,5)24(21,22)18-10(3)20/h6,8-9H,7H2,1-5H3,(H,18,20). The van der Waals surface area contributed by atoms with E-state index in [9.17, 15) is 13.2 Å². The molecule has 0 fully saturated rings. The highest BCUT2D eigenvalue weighted by Crippen LogP contribution is 2.26. The molecule has 2 heterocycles. The Labute approximate surface area is 140 Å². The molecule has 0 saturated carbocycles. The summed E-state index contributed by atoms with van der Waals surface area (Å²) >= 11 is 0. The third-order valence-corrected chi connectivity index (χ3v) is 5.59. The molecule has 0 bridgehead atoms. The molecule has 0 aliphatic carbocycles. The first-order valence-corrected chi connectivity index (χ1v) is 8.88. The largest absolute Gasteiger partial charge is 0.475 e. The molecule has 0 unspecified atom stereocenters. The number of carbonyl (C=O) groups is 1. The van der Waals surface area contributed by atoms with Crippen LogP contribution in [-0.4, -0.2) is 45.5 Å². The van der Waals surface area contributed by atoms with Gasteiger partial charge < -0.3 is 4.74 Å². The second kappa shape index (κ2) is 6.34. The van der Waals surface area contributed by atoms with E-state index in [0.29, 0.717) is 5.65 Å². The van der Waals surface area contributed by atoms with E-state index in [1.807, 2.05) is 18.6 Å². The second-order valence-electron chi connectivity index (χ2n) is 6.38. The highest BCUT2D eigenvalue weighted by molar-refractivity contribution is 7.91. The van der Waals surface area contributed by atoms with Crippen molar-refractivity contribution >= 4 is 21.6 Å². The molecule has 0 aliphatic heterocycles. The van der Waals surface area contributed by atoms with Crippen LogP contribution in [0.2, 0.25) is 0 Å². The van der Waals surface area contributed by atoms with Crippen LogP contribution in [-0.2, 0) is 14.8 Å². The Morgan fingerprint density at radius 1 is 1.42 bits per heavy atom. The highest BCUT2D eigenvalue weighted by atomic mass is 32.2. The molecule has 0 aliphatic rings. The van der Waals surface area contributed by atoms with Crippen molar-refractivity contribution in [3.8, 4) is 5.88 Å². The molecule has 0 saturated heterocycles. The molecule has 2 aromatic heterocycles. The summed E-state index contributed by atoms with van der Waals surface area (Å²) in [6.07, 6.45) is 1.38. The smallest absolute Gasteiger partial charge is 0.243 e. The van der Waals surface area contributed by atoms with Crippen LogP contribution in [0.1, 0.15) is 46.1 Å². The van der Waals surface area contributed by atoms with E-state index >= 15 is 0 Å². The molecule has 1 amide bonds. The average molecular weight is 355 g/mol. The van der Waals surface area contributed by atoms with E-state index in [0.717, 1.165) is 12.5 Å². The fourth-order valence-corrected chi connectivity index (χ4v) is 2.80. The van der Waals surface area contributed by atoms with Crippen LogP contribution >= 0.6 is 0 Å². The Morgan fingerprint density at radius 2 is 2.08 bits per heavy atom. The van der Waals surface area contributed by atoms with Crippen molar-refractivity contribution in [1.29, 1.82) is 0 Å². The van der Waals surface area contributed by atoms with Crippen LogP contribution in [0.15, 0.2) is 12.4 Å². The minimum atomic E-state index is -3.88. The number of aromatic nitrogens is 4. The summed E-state index contributed by atoms with van der Waals surface area (Å²) in [6.45, 7) is 7.85. The normalized spacial score (nSPS) is 12.6. The molecule has 1 N–H and O–H groups in total. The number of fused-ring (bicyclic) bond motifs is 1. The topological polar surface area (TPSA) is 116 Å². The molecule has 0 aromatic carbocycles. The van der Waals surface area contributed by atoms with Gasteiger partial charge in [-0.15, -0.1) is 14.8 Å². The minimum Gasteiger partial charge on any atom is -0.475 e. The molecular formula is C14H21N5O4S. The van der Waals surface area contributed by atoms with Gasteiger partial charge in [0, 0.05) is 12.5 Å². The summed E-state index contributed by atoms with van der Waals surface area (Å²) in [7, 11) is -3.88. The van der Waals surface area contributed by atoms with Crippen molar-refractivity contribution in [3.05, 3.63) is 18.0 Å². The molecule has 24 heavy (non-hydrogen) atoms. The van der Waals surface area contributed by atoms with Gasteiger partial charge >= 0.3 is 0 Å². The lowest BCUT2D eigenvalue weighted by Crippen LogP contribution is -2.47. The average Bonchev–Trinajstić information content (AvgIpc) is 2.89. The van der Waals surface area contributed by atoms with E-state index in [1.54, 1.807) is 6.07 Å². The predicted molar refractivity (Wildman–Crippen MR) is 87.2 cm³/mol. The summed E-state index contributed by atoms with van der Waals surface area (Å²) in [5.74, 6) is -0.258. The maximum atomic E-state index is 12.2. The van der Waals surface area contributed by atoms with E-state index in [-0.39, 0.29) is 18.4 Å². The van der Waals surface area contributed by atoms with Crippen molar-refractivity contribution in [1.82, 2.24) is 24.5 Å².